The van der Waals surface area contributed by atoms with Crippen molar-refractivity contribution in [3.8, 4) is 5.75 Å². The summed E-state index contributed by atoms with van der Waals surface area (Å²) < 4.78 is 9.84. The Morgan fingerprint density at radius 1 is 1.29 bits per heavy atom. The smallest absolute Gasteiger partial charge is 0.328 e. The van der Waals surface area contributed by atoms with Crippen LogP contribution >= 0.6 is 11.8 Å². The molecule has 21 heavy (non-hydrogen) atoms. The molecule has 114 valence electrons. The lowest BCUT2D eigenvalue weighted by Gasteiger charge is -2.22. The number of thioether (sulfide) groups is 1. The topological polar surface area (TPSA) is 55.8 Å². The van der Waals surface area contributed by atoms with Crippen molar-refractivity contribution in [2.75, 3.05) is 26.5 Å². The number of ether oxygens (including phenoxy) is 2. The summed E-state index contributed by atoms with van der Waals surface area (Å²) in [6, 6.07) is 7.13. The summed E-state index contributed by atoms with van der Waals surface area (Å²) in [5.41, 5.74) is 0. The Hall–Kier alpha value is -1.69. The SMILES string of the molecule is COC(=O)C1CCCN1C(=O)CSc1ccc(OC)cc1. The Labute approximate surface area is 128 Å². The molecule has 5 nitrogen and oxygen atoms in total. The van der Waals surface area contributed by atoms with Gasteiger partial charge in [-0.05, 0) is 37.1 Å². The van der Waals surface area contributed by atoms with E-state index in [1.807, 2.05) is 24.3 Å². The number of benzene rings is 1. The maximum Gasteiger partial charge on any atom is 0.328 e. The van der Waals surface area contributed by atoms with Gasteiger partial charge in [0.05, 0.1) is 20.0 Å². The molecule has 1 aromatic carbocycles. The number of esters is 1. The summed E-state index contributed by atoms with van der Waals surface area (Å²) in [5.74, 6) is 0.759. The number of hydrogen-bond donors (Lipinski definition) is 0. The Morgan fingerprint density at radius 3 is 2.62 bits per heavy atom. The fourth-order valence-corrected chi connectivity index (χ4v) is 3.13. The third kappa shape index (κ3) is 3.91. The van der Waals surface area contributed by atoms with Gasteiger partial charge in [0.2, 0.25) is 5.91 Å². The van der Waals surface area contributed by atoms with Crippen LogP contribution in [0.1, 0.15) is 12.8 Å². The summed E-state index contributed by atoms with van der Waals surface area (Å²) >= 11 is 1.46. The van der Waals surface area contributed by atoms with Crippen molar-refractivity contribution in [3.05, 3.63) is 24.3 Å². The monoisotopic (exact) mass is 309 g/mol. The molecule has 1 saturated heterocycles. The highest BCUT2D eigenvalue weighted by molar-refractivity contribution is 8.00. The van der Waals surface area contributed by atoms with Crippen LogP contribution in [0.5, 0.6) is 5.75 Å². The standard InChI is InChI=1S/C15H19NO4S/c1-19-11-5-7-12(8-6-11)21-10-14(17)16-9-3-4-13(16)15(18)20-2/h5-8,13H,3-4,9-10H2,1-2H3. The van der Waals surface area contributed by atoms with Crippen molar-refractivity contribution in [2.45, 2.75) is 23.8 Å². The first-order valence-corrected chi connectivity index (χ1v) is 7.78. The first-order chi connectivity index (χ1) is 10.2. The molecule has 0 bridgehead atoms. The van der Waals surface area contributed by atoms with Gasteiger partial charge < -0.3 is 14.4 Å². The van der Waals surface area contributed by atoms with Gasteiger partial charge in [-0.3, -0.25) is 4.79 Å². The van der Waals surface area contributed by atoms with Gasteiger partial charge in [-0.1, -0.05) is 0 Å². The van der Waals surface area contributed by atoms with Crippen LogP contribution in [0.2, 0.25) is 0 Å². The molecule has 0 saturated carbocycles. The number of likely N-dealkylation sites (tertiary alicyclic amines) is 1. The first kappa shape index (κ1) is 15.7. The summed E-state index contributed by atoms with van der Waals surface area (Å²) in [7, 11) is 2.97. The highest BCUT2D eigenvalue weighted by atomic mass is 32.2. The summed E-state index contributed by atoms with van der Waals surface area (Å²) in [5, 5.41) is 0. The highest BCUT2D eigenvalue weighted by Crippen LogP contribution is 2.24. The summed E-state index contributed by atoms with van der Waals surface area (Å²) in [4.78, 5) is 26.5. The Balaban J connectivity index is 1.90. The molecule has 2 rings (SSSR count). The van der Waals surface area contributed by atoms with Crippen molar-refractivity contribution in [3.63, 3.8) is 0 Å². The van der Waals surface area contributed by atoms with E-state index in [0.29, 0.717) is 18.7 Å². The Morgan fingerprint density at radius 2 is 2.00 bits per heavy atom. The quantitative estimate of drug-likeness (QED) is 0.615. The second kappa shape index (κ2) is 7.36. The number of carbonyl (C=O) groups is 2. The van der Waals surface area contributed by atoms with Gasteiger partial charge in [0.15, 0.2) is 0 Å². The molecule has 0 radical (unpaired) electrons. The average molecular weight is 309 g/mol. The van der Waals surface area contributed by atoms with E-state index < -0.39 is 6.04 Å². The molecule has 0 N–H and O–H groups in total. The predicted octanol–water partition coefficient (Wildman–Crippen LogP) is 1.95. The van der Waals surface area contributed by atoms with Crippen molar-refractivity contribution in [2.24, 2.45) is 0 Å². The van der Waals surface area contributed by atoms with E-state index in [0.717, 1.165) is 17.1 Å². The van der Waals surface area contributed by atoms with Gasteiger partial charge in [-0.25, -0.2) is 4.79 Å². The maximum atomic E-state index is 12.2. The van der Waals surface area contributed by atoms with E-state index in [2.05, 4.69) is 0 Å². The Kier molecular flexibility index (Phi) is 5.50. The molecule has 1 fully saturated rings. The number of carbonyl (C=O) groups excluding carboxylic acids is 2. The zero-order chi connectivity index (χ0) is 15.2. The third-order valence-corrected chi connectivity index (χ3v) is 4.46. The van der Waals surface area contributed by atoms with Crippen LogP contribution in [0.4, 0.5) is 0 Å². The lowest BCUT2D eigenvalue weighted by atomic mass is 10.2. The van der Waals surface area contributed by atoms with Gasteiger partial charge in [-0.2, -0.15) is 0 Å². The molecule has 0 aliphatic carbocycles. The van der Waals surface area contributed by atoms with Gasteiger partial charge in [0, 0.05) is 11.4 Å². The van der Waals surface area contributed by atoms with E-state index >= 15 is 0 Å². The van der Waals surface area contributed by atoms with E-state index in [1.54, 1.807) is 12.0 Å². The van der Waals surface area contributed by atoms with Crippen molar-refractivity contribution >= 4 is 23.6 Å². The molecule has 1 aliphatic rings. The number of hydrogen-bond acceptors (Lipinski definition) is 5. The number of methoxy groups -OCH3 is 2. The molecule has 1 aromatic rings. The fraction of sp³-hybridized carbons (Fsp3) is 0.467. The van der Waals surface area contributed by atoms with E-state index in [9.17, 15) is 9.59 Å². The second-order valence-corrected chi connectivity index (χ2v) is 5.78. The number of rotatable bonds is 5. The van der Waals surface area contributed by atoms with Gasteiger partial charge >= 0.3 is 5.97 Å². The van der Waals surface area contributed by atoms with Crippen LogP contribution < -0.4 is 4.74 Å². The molecular weight excluding hydrogens is 290 g/mol. The Bertz CT molecular complexity index is 503. The lowest BCUT2D eigenvalue weighted by Crippen LogP contribution is -2.41. The number of amides is 1. The molecule has 1 unspecified atom stereocenters. The van der Waals surface area contributed by atoms with E-state index in [4.69, 9.17) is 9.47 Å². The van der Waals surface area contributed by atoms with Crippen LogP contribution in [-0.4, -0.2) is 49.3 Å². The number of nitrogens with zero attached hydrogens (tertiary/aromatic N) is 1. The molecule has 1 amide bonds. The molecule has 0 aromatic heterocycles. The van der Waals surface area contributed by atoms with Crippen LogP contribution in [0.3, 0.4) is 0 Å². The zero-order valence-corrected chi connectivity index (χ0v) is 13.0. The van der Waals surface area contributed by atoms with Gasteiger partial charge in [0.1, 0.15) is 11.8 Å². The predicted molar refractivity (Wildman–Crippen MR) is 80.5 cm³/mol. The summed E-state index contributed by atoms with van der Waals surface area (Å²) in [6.07, 6.45) is 1.53. The highest BCUT2D eigenvalue weighted by Gasteiger charge is 2.34. The van der Waals surface area contributed by atoms with Crippen LogP contribution in [0, 0.1) is 0 Å². The molecule has 0 spiro atoms. The zero-order valence-electron chi connectivity index (χ0n) is 12.2. The van der Waals surface area contributed by atoms with Crippen molar-refractivity contribution in [1.82, 2.24) is 4.90 Å². The molecule has 1 aliphatic heterocycles. The van der Waals surface area contributed by atoms with Crippen LogP contribution in [-0.2, 0) is 14.3 Å². The largest absolute Gasteiger partial charge is 0.497 e. The minimum atomic E-state index is -0.418. The summed E-state index contributed by atoms with van der Waals surface area (Å²) in [6.45, 7) is 0.627. The maximum absolute atomic E-state index is 12.2. The van der Waals surface area contributed by atoms with Crippen LogP contribution in [0.25, 0.3) is 0 Å². The van der Waals surface area contributed by atoms with Crippen LogP contribution in [0.15, 0.2) is 29.2 Å². The van der Waals surface area contributed by atoms with Gasteiger partial charge in [-0.15, -0.1) is 11.8 Å². The first-order valence-electron chi connectivity index (χ1n) is 6.80. The average Bonchev–Trinajstić information content (AvgIpc) is 3.02. The van der Waals surface area contributed by atoms with E-state index in [-0.39, 0.29) is 11.9 Å². The molecule has 6 heteroatoms. The minimum absolute atomic E-state index is 0.0243. The molecular formula is C15H19NO4S. The van der Waals surface area contributed by atoms with E-state index in [1.165, 1.54) is 18.9 Å². The lowest BCUT2D eigenvalue weighted by molar-refractivity contribution is -0.150. The van der Waals surface area contributed by atoms with Crippen molar-refractivity contribution in [1.29, 1.82) is 0 Å². The third-order valence-electron chi connectivity index (χ3n) is 3.47. The second-order valence-electron chi connectivity index (χ2n) is 4.73. The minimum Gasteiger partial charge on any atom is -0.497 e. The molecule has 1 heterocycles. The van der Waals surface area contributed by atoms with Gasteiger partial charge in [0.25, 0.3) is 0 Å². The normalized spacial score (nSPS) is 17.6. The van der Waals surface area contributed by atoms with Crippen molar-refractivity contribution < 1.29 is 19.1 Å². The molecule has 1 atom stereocenters. The fourth-order valence-electron chi connectivity index (χ4n) is 2.35.